The standard InChI is InChI=1S/C33H46N10O2S/c1-22-19-41(14-6-16-44-3)13-5-15-43(22)31-37-24(17-26(38-31)42-20-33(21-42)9-11-36-12-10-33)29-39-30(45-40-29)32(2)8-4-7-25-27(32)23(18-34)28(35)46-25/h17,22,36H,4-16,19-21,35H2,1-3H3/t22-,32-/m0/s1. The molecule has 13 heteroatoms. The van der Waals surface area contributed by atoms with E-state index in [0.717, 1.165) is 113 Å². The molecule has 6 heterocycles. The Balaban J connectivity index is 1.21. The van der Waals surface area contributed by atoms with Crippen LogP contribution in [0.1, 0.15) is 74.3 Å². The highest BCUT2D eigenvalue weighted by Crippen LogP contribution is 2.49. The van der Waals surface area contributed by atoms with Crippen molar-refractivity contribution in [3.05, 3.63) is 28.0 Å². The second kappa shape index (κ2) is 12.7. The second-order valence-electron chi connectivity index (χ2n) is 13.9. The Bertz CT molecular complexity index is 1590. The van der Waals surface area contributed by atoms with Gasteiger partial charge in [0, 0.05) is 74.4 Å². The second-order valence-corrected chi connectivity index (χ2v) is 15.1. The van der Waals surface area contributed by atoms with Crippen molar-refractivity contribution < 1.29 is 9.26 Å². The van der Waals surface area contributed by atoms with E-state index in [-0.39, 0.29) is 6.04 Å². The van der Waals surface area contributed by atoms with Crippen molar-refractivity contribution in [1.82, 2.24) is 30.3 Å². The van der Waals surface area contributed by atoms with Gasteiger partial charge in [0.15, 0.2) is 0 Å². The van der Waals surface area contributed by atoms with Gasteiger partial charge in [-0.25, -0.2) is 4.98 Å². The minimum absolute atomic E-state index is 0.245. The van der Waals surface area contributed by atoms with Gasteiger partial charge in [-0.1, -0.05) is 5.16 Å². The fourth-order valence-electron chi connectivity index (χ4n) is 8.07. The number of anilines is 3. The zero-order valence-electron chi connectivity index (χ0n) is 27.3. The van der Waals surface area contributed by atoms with Crippen LogP contribution in [0.25, 0.3) is 11.5 Å². The summed E-state index contributed by atoms with van der Waals surface area (Å²) in [5, 5.41) is 18.5. The third kappa shape index (κ3) is 5.74. The van der Waals surface area contributed by atoms with Gasteiger partial charge < -0.3 is 35.0 Å². The molecular formula is C33H46N10O2S. The lowest BCUT2D eigenvalue weighted by atomic mass is 9.72. The highest BCUT2D eigenvalue weighted by atomic mass is 32.1. The van der Waals surface area contributed by atoms with Crippen LogP contribution in [-0.2, 0) is 16.6 Å². The zero-order valence-corrected chi connectivity index (χ0v) is 28.2. The molecule has 0 amide bonds. The molecule has 3 fully saturated rings. The number of aryl methyl sites for hydroxylation is 1. The molecule has 3 N–H and O–H groups in total. The largest absolute Gasteiger partial charge is 0.389 e. The molecule has 3 saturated heterocycles. The Morgan fingerprint density at radius 3 is 2.78 bits per heavy atom. The molecule has 4 aliphatic rings. The minimum atomic E-state index is -0.582. The van der Waals surface area contributed by atoms with E-state index in [9.17, 15) is 5.26 Å². The Morgan fingerprint density at radius 1 is 1.17 bits per heavy atom. The van der Waals surface area contributed by atoms with E-state index in [2.05, 4.69) is 45.1 Å². The molecule has 0 bridgehead atoms. The van der Waals surface area contributed by atoms with Crippen molar-refractivity contribution in [2.45, 2.75) is 70.3 Å². The van der Waals surface area contributed by atoms with Gasteiger partial charge in [-0.05, 0) is 78.4 Å². The number of nitrogen functional groups attached to an aromatic ring is 1. The highest BCUT2D eigenvalue weighted by Gasteiger charge is 2.45. The lowest BCUT2D eigenvalue weighted by Crippen LogP contribution is -2.60. The van der Waals surface area contributed by atoms with E-state index in [0.29, 0.717) is 33.4 Å². The number of nitrogens with two attached hydrogens (primary N) is 1. The number of fused-ring (bicyclic) bond motifs is 1. The average Bonchev–Trinajstić information content (AvgIpc) is 3.62. The molecule has 1 spiro atoms. The summed E-state index contributed by atoms with van der Waals surface area (Å²) in [7, 11) is 1.76. The van der Waals surface area contributed by atoms with Gasteiger partial charge in [0.1, 0.15) is 22.6 Å². The summed E-state index contributed by atoms with van der Waals surface area (Å²) >= 11 is 1.51. The molecule has 1 aliphatic carbocycles. The van der Waals surface area contributed by atoms with Crippen LogP contribution in [0.4, 0.5) is 16.8 Å². The van der Waals surface area contributed by atoms with Crippen molar-refractivity contribution in [2.24, 2.45) is 5.41 Å². The van der Waals surface area contributed by atoms with Gasteiger partial charge in [0.05, 0.1) is 11.0 Å². The number of thiophene rings is 1. The summed E-state index contributed by atoms with van der Waals surface area (Å²) in [4.78, 5) is 23.7. The number of rotatable bonds is 8. The van der Waals surface area contributed by atoms with E-state index in [1.807, 2.05) is 6.07 Å². The van der Waals surface area contributed by atoms with Crippen molar-refractivity contribution in [3.63, 3.8) is 0 Å². The van der Waals surface area contributed by atoms with Crippen LogP contribution in [0.15, 0.2) is 10.6 Å². The van der Waals surface area contributed by atoms with Crippen molar-refractivity contribution in [3.8, 4) is 17.6 Å². The predicted molar refractivity (Wildman–Crippen MR) is 179 cm³/mol. The van der Waals surface area contributed by atoms with E-state index in [4.69, 9.17) is 29.9 Å². The fraction of sp³-hybridized carbons (Fsp3) is 0.667. The number of piperidine rings is 1. The number of methoxy groups -OCH3 is 1. The van der Waals surface area contributed by atoms with Gasteiger partial charge in [0.2, 0.25) is 17.7 Å². The van der Waals surface area contributed by atoms with Crippen LogP contribution in [0.5, 0.6) is 0 Å². The maximum absolute atomic E-state index is 9.97. The minimum Gasteiger partial charge on any atom is -0.389 e. The molecule has 12 nitrogen and oxygen atoms in total. The van der Waals surface area contributed by atoms with Gasteiger partial charge >= 0.3 is 0 Å². The third-order valence-corrected chi connectivity index (χ3v) is 11.7. The molecule has 3 aromatic heterocycles. The molecule has 0 aromatic carbocycles. The topological polar surface area (TPSA) is 145 Å². The summed E-state index contributed by atoms with van der Waals surface area (Å²) in [6.45, 7) is 13.2. The summed E-state index contributed by atoms with van der Waals surface area (Å²) in [5.41, 5.74) is 8.22. The van der Waals surface area contributed by atoms with Crippen LogP contribution in [-0.4, -0.2) is 97.1 Å². The first-order valence-corrected chi connectivity index (χ1v) is 17.6. The van der Waals surface area contributed by atoms with E-state index in [1.165, 1.54) is 24.2 Å². The normalized spacial score (nSPS) is 24.8. The first kappa shape index (κ1) is 31.3. The lowest BCUT2D eigenvalue weighted by molar-refractivity contribution is 0.149. The molecule has 0 radical (unpaired) electrons. The first-order chi connectivity index (χ1) is 22.3. The number of hydrogen-bond acceptors (Lipinski definition) is 13. The maximum atomic E-state index is 9.97. The van der Waals surface area contributed by atoms with Crippen molar-refractivity contribution >= 4 is 28.1 Å². The number of nitriles is 1. The lowest BCUT2D eigenvalue weighted by Gasteiger charge is -2.53. The van der Waals surface area contributed by atoms with Crippen molar-refractivity contribution in [2.75, 3.05) is 81.6 Å². The van der Waals surface area contributed by atoms with Crippen LogP contribution >= 0.6 is 11.3 Å². The predicted octanol–water partition coefficient (Wildman–Crippen LogP) is 3.81. The maximum Gasteiger partial charge on any atom is 0.237 e. The number of ether oxygens (including phenoxy) is 1. The Labute approximate surface area is 275 Å². The van der Waals surface area contributed by atoms with Gasteiger partial charge in [-0.3, -0.25) is 0 Å². The molecule has 0 unspecified atom stereocenters. The number of hydrogen-bond donors (Lipinski definition) is 2. The molecule has 3 aromatic rings. The molecular weight excluding hydrogens is 600 g/mol. The van der Waals surface area contributed by atoms with E-state index < -0.39 is 5.41 Å². The molecule has 46 heavy (non-hydrogen) atoms. The number of aromatic nitrogens is 4. The summed E-state index contributed by atoms with van der Waals surface area (Å²) in [6.07, 6.45) is 7.15. The Kier molecular flexibility index (Phi) is 8.65. The van der Waals surface area contributed by atoms with Crippen LogP contribution in [0.2, 0.25) is 0 Å². The van der Waals surface area contributed by atoms with Gasteiger partial charge in [0.25, 0.3) is 0 Å². The van der Waals surface area contributed by atoms with Gasteiger partial charge in [-0.15, -0.1) is 11.3 Å². The van der Waals surface area contributed by atoms with E-state index in [1.54, 1.807) is 7.11 Å². The fourth-order valence-corrected chi connectivity index (χ4v) is 9.26. The van der Waals surface area contributed by atoms with E-state index >= 15 is 0 Å². The molecule has 246 valence electrons. The monoisotopic (exact) mass is 646 g/mol. The smallest absolute Gasteiger partial charge is 0.237 e. The van der Waals surface area contributed by atoms with Crippen LogP contribution < -0.4 is 20.9 Å². The summed E-state index contributed by atoms with van der Waals surface area (Å²) in [5.74, 6) is 2.61. The van der Waals surface area contributed by atoms with Crippen LogP contribution in [0.3, 0.4) is 0 Å². The molecule has 7 rings (SSSR count). The molecule has 2 atom stereocenters. The Morgan fingerprint density at radius 2 is 2.00 bits per heavy atom. The quantitative estimate of drug-likeness (QED) is 0.343. The third-order valence-electron chi connectivity index (χ3n) is 10.6. The van der Waals surface area contributed by atoms with Crippen molar-refractivity contribution in [1.29, 1.82) is 5.26 Å². The first-order valence-electron chi connectivity index (χ1n) is 16.8. The Hall–Kier alpha value is -3.31. The summed E-state index contributed by atoms with van der Waals surface area (Å²) < 4.78 is 11.3. The molecule has 0 saturated carbocycles. The summed E-state index contributed by atoms with van der Waals surface area (Å²) in [6, 6.07) is 4.62. The number of nitrogens with zero attached hydrogens (tertiary/aromatic N) is 8. The molecule has 3 aliphatic heterocycles. The zero-order chi connectivity index (χ0) is 31.9. The highest BCUT2D eigenvalue weighted by molar-refractivity contribution is 7.16. The van der Waals surface area contributed by atoms with Crippen LogP contribution in [0, 0.1) is 16.7 Å². The SMILES string of the molecule is COCCCN1CCCN(c2nc(-c3noc([C@@]4(C)CCCc5sc(N)c(C#N)c54)n3)cc(N3CC4(CCNCC4)C3)n2)[C@@H](C)C1. The number of nitrogens with one attached hydrogen (secondary N) is 1. The van der Waals surface area contributed by atoms with Gasteiger partial charge in [-0.2, -0.15) is 15.2 Å². The average molecular weight is 647 g/mol.